The molecule has 0 atom stereocenters. The van der Waals surface area contributed by atoms with Gasteiger partial charge in [-0.2, -0.15) is 0 Å². The van der Waals surface area contributed by atoms with Crippen LogP contribution in [0.4, 0.5) is 11.4 Å². The summed E-state index contributed by atoms with van der Waals surface area (Å²) in [5.41, 5.74) is 4.76. The standard InChI is InChI=1S/C16H17BrClN/c1-3-19(13-7-4-6-12(2)10-13)16-9-5-8-15(18)14(16)11-17/h4-10H,3,11H2,1-2H3. The van der Waals surface area contributed by atoms with Crippen molar-refractivity contribution in [3.05, 3.63) is 58.6 Å². The van der Waals surface area contributed by atoms with Gasteiger partial charge in [-0.3, -0.25) is 0 Å². The minimum Gasteiger partial charge on any atom is -0.341 e. The summed E-state index contributed by atoms with van der Waals surface area (Å²) in [6.07, 6.45) is 0. The molecule has 0 N–H and O–H groups in total. The Bertz CT molecular complexity index is 568. The number of benzene rings is 2. The number of anilines is 2. The summed E-state index contributed by atoms with van der Waals surface area (Å²) in [5.74, 6) is 0. The molecule has 2 aromatic carbocycles. The zero-order valence-electron chi connectivity index (χ0n) is 11.2. The third-order valence-corrected chi connectivity index (χ3v) is 4.06. The average Bonchev–Trinajstić information content (AvgIpc) is 2.40. The molecule has 0 unspecified atom stereocenters. The molecule has 0 amide bonds. The van der Waals surface area contributed by atoms with Crippen LogP contribution < -0.4 is 4.90 Å². The highest BCUT2D eigenvalue weighted by Crippen LogP contribution is 2.34. The molecule has 0 radical (unpaired) electrons. The predicted molar refractivity (Wildman–Crippen MR) is 87.9 cm³/mol. The number of hydrogen-bond donors (Lipinski definition) is 0. The zero-order chi connectivity index (χ0) is 13.8. The molecule has 100 valence electrons. The van der Waals surface area contributed by atoms with Crippen LogP contribution in [0.5, 0.6) is 0 Å². The maximum Gasteiger partial charge on any atom is 0.0467 e. The number of halogens is 2. The number of nitrogens with zero attached hydrogens (tertiary/aromatic N) is 1. The van der Waals surface area contributed by atoms with Crippen molar-refractivity contribution in [2.24, 2.45) is 0 Å². The summed E-state index contributed by atoms with van der Waals surface area (Å²) in [4.78, 5) is 2.29. The zero-order valence-corrected chi connectivity index (χ0v) is 13.5. The van der Waals surface area contributed by atoms with E-state index in [0.29, 0.717) is 0 Å². The lowest BCUT2D eigenvalue weighted by Crippen LogP contribution is -2.17. The first-order valence-electron chi connectivity index (χ1n) is 6.35. The van der Waals surface area contributed by atoms with E-state index in [9.17, 15) is 0 Å². The largest absolute Gasteiger partial charge is 0.341 e. The first kappa shape index (κ1) is 14.4. The molecule has 2 rings (SSSR count). The van der Waals surface area contributed by atoms with E-state index < -0.39 is 0 Å². The Balaban J connectivity index is 2.51. The van der Waals surface area contributed by atoms with Crippen LogP contribution in [0.1, 0.15) is 18.1 Å². The van der Waals surface area contributed by atoms with Gasteiger partial charge in [-0.25, -0.2) is 0 Å². The van der Waals surface area contributed by atoms with Gasteiger partial charge in [-0.15, -0.1) is 0 Å². The molecule has 1 nitrogen and oxygen atoms in total. The molecule has 19 heavy (non-hydrogen) atoms. The summed E-state index contributed by atoms with van der Waals surface area (Å²) in [6, 6.07) is 14.6. The molecule has 0 saturated carbocycles. The minimum atomic E-state index is 0.754. The topological polar surface area (TPSA) is 3.24 Å². The second kappa shape index (κ2) is 6.44. The highest BCUT2D eigenvalue weighted by molar-refractivity contribution is 9.08. The molecule has 0 bridgehead atoms. The second-order valence-corrected chi connectivity index (χ2v) is 5.42. The summed E-state index contributed by atoms with van der Waals surface area (Å²) >= 11 is 9.83. The van der Waals surface area contributed by atoms with Crippen molar-refractivity contribution in [1.29, 1.82) is 0 Å². The van der Waals surface area contributed by atoms with Gasteiger partial charge in [-0.05, 0) is 43.7 Å². The molecule has 0 heterocycles. The molecule has 0 fully saturated rings. The highest BCUT2D eigenvalue weighted by Gasteiger charge is 2.13. The molecule has 0 saturated heterocycles. The molecule has 2 aromatic rings. The van der Waals surface area contributed by atoms with Crippen molar-refractivity contribution in [3.63, 3.8) is 0 Å². The summed E-state index contributed by atoms with van der Waals surface area (Å²) in [7, 11) is 0. The van der Waals surface area contributed by atoms with Crippen molar-refractivity contribution < 1.29 is 0 Å². The lowest BCUT2D eigenvalue weighted by atomic mass is 10.1. The first-order valence-corrected chi connectivity index (χ1v) is 7.85. The molecular weight excluding hydrogens is 322 g/mol. The monoisotopic (exact) mass is 337 g/mol. The fraction of sp³-hybridized carbons (Fsp3) is 0.250. The average molecular weight is 339 g/mol. The van der Waals surface area contributed by atoms with Gasteiger partial charge >= 0.3 is 0 Å². The Morgan fingerprint density at radius 2 is 1.89 bits per heavy atom. The quantitative estimate of drug-likeness (QED) is 0.646. The first-order chi connectivity index (χ1) is 9.17. The minimum absolute atomic E-state index is 0.754. The fourth-order valence-corrected chi connectivity index (χ4v) is 3.21. The summed E-state index contributed by atoms with van der Waals surface area (Å²) in [5, 5.41) is 1.56. The SMILES string of the molecule is CCN(c1cccc(C)c1)c1cccc(Cl)c1CBr. The molecule has 0 aliphatic rings. The van der Waals surface area contributed by atoms with Gasteiger partial charge in [0.05, 0.1) is 0 Å². The van der Waals surface area contributed by atoms with E-state index in [0.717, 1.165) is 28.1 Å². The van der Waals surface area contributed by atoms with Crippen LogP contribution in [0.25, 0.3) is 0 Å². The van der Waals surface area contributed by atoms with Gasteiger partial charge in [0.15, 0.2) is 0 Å². The van der Waals surface area contributed by atoms with Crippen LogP contribution in [-0.4, -0.2) is 6.54 Å². The molecule has 3 heteroatoms. The highest BCUT2D eigenvalue weighted by atomic mass is 79.9. The lowest BCUT2D eigenvalue weighted by Gasteiger charge is -2.26. The molecular formula is C16H17BrClN. The van der Waals surface area contributed by atoms with E-state index in [1.165, 1.54) is 11.3 Å². The Kier molecular flexibility index (Phi) is 4.89. The summed E-state index contributed by atoms with van der Waals surface area (Å²) in [6.45, 7) is 5.17. The van der Waals surface area contributed by atoms with Gasteiger partial charge in [0.25, 0.3) is 0 Å². The van der Waals surface area contributed by atoms with E-state index in [2.05, 4.69) is 65.0 Å². The van der Waals surface area contributed by atoms with E-state index in [4.69, 9.17) is 11.6 Å². The number of aryl methyl sites for hydroxylation is 1. The Morgan fingerprint density at radius 1 is 1.16 bits per heavy atom. The van der Waals surface area contributed by atoms with Crippen molar-refractivity contribution in [3.8, 4) is 0 Å². The third kappa shape index (κ3) is 3.13. The van der Waals surface area contributed by atoms with Crippen molar-refractivity contribution in [1.82, 2.24) is 0 Å². The fourth-order valence-electron chi connectivity index (χ4n) is 2.22. The van der Waals surface area contributed by atoms with Crippen molar-refractivity contribution >= 4 is 38.9 Å². The maximum atomic E-state index is 6.29. The Morgan fingerprint density at radius 3 is 2.53 bits per heavy atom. The van der Waals surface area contributed by atoms with Gasteiger partial charge in [0, 0.05) is 33.8 Å². The van der Waals surface area contributed by atoms with Gasteiger partial charge < -0.3 is 4.90 Å². The van der Waals surface area contributed by atoms with Crippen molar-refractivity contribution in [2.75, 3.05) is 11.4 Å². The van der Waals surface area contributed by atoms with Gasteiger partial charge in [0.1, 0.15) is 0 Å². The van der Waals surface area contributed by atoms with E-state index in [1.54, 1.807) is 0 Å². The molecule has 0 spiro atoms. The van der Waals surface area contributed by atoms with Crippen LogP contribution in [0.3, 0.4) is 0 Å². The van der Waals surface area contributed by atoms with E-state index in [-0.39, 0.29) is 0 Å². The third-order valence-electron chi connectivity index (χ3n) is 3.15. The van der Waals surface area contributed by atoms with E-state index in [1.807, 2.05) is 12.1 Å². The van der Waals surface area contributed by atoms with Gasteiger partial charge in [0.2, 0.25) is 0 Å². The Hall–Kier alpha value is -0.990. The van der Waals surface area contributed by atoms with Crippen molar-refractivity contribution in [2.45, 2.75) is 19.2 Å². The lowest BCUT2D eigenvalue weighted by molar-refractivity contribution is 1.01. The number of hydrogen-bond acceptors (Lipinski definition) is 1. The van der Waals surface area contributed by atoms with Crippen LogP contribution in [-0.2, 0) is 5.33 Å². The maximum absolute atomic E-state index is 6.29. The second-order valence-electron chi connectivity index (χ2n) is 4.45. The molecule has 0 aromatic heterocycles. The van der Waals surface area contributed by atoms with E-state index >= 15 is 0 Å². The van der Waals surface area contributed by atoms with Crippen LogP contribution >= 0.6 is 27.5 Å². The normalized spacial score (nSPS) is 10.5. The van der Waals surface area contributed by atoms with Crippen LogP contribution in [0.2, 0.25) is 5.02 Å². The van der Waals surface area contributed by atoms with Crippen LogP contribution in [0, 0.1) is 6.92 Å². The molecule has 0 aliphatic heterocycles. The van der Waals surface area contributed by atoms with Gasteiger partial charge in [-0.1, -0.05) is 45.7 Å². The number of rotatable bonds is 4. The summed E-state index contributed by atoms with van der Waals surface area (Å²) < 4.78 is 0. The van der Waals surface area contributed by atoms with Crippen LogP contribution in [0.15, 0.2) is 42.5 Å². The Labute approximate surface area is 128 Å². The predicted octanol–water partition coefficient (Wildman–Crippen LogP) is 5.70. The molecule has 0 aliphatic carbocycles. The number of alkyl halides is 1. The smallest absolute Gasteiger partial charge is 0.0467 e.